The molecule has 2 saturated carbocycles. The van der Waals surface area contributed by atoms with E-state index in [2.05, 4.69) is 52.4 Å². The zero-order valence-corrected chi connectivity index (χ0v) is 48.8. The maximum absolute atomic E-state index is 13.6. The molecule has 406 valence electrons. The van der Waals surface area contributed by atoms with Crippen LogP contribution in [0.1, 0.15) is 119 Å². The summed E-state index contributed by atoms with van der Waals surface area (Å²) in [5, 5.41) is 5.87. The molecule has 0 bridgehead atoms. The Kier molecular flexibility index (Phi) is 16.5. The maximum Gasteiger partial charge on any atom is 0.257 e. The number of amides is 2. The fourth-order valence-corrected chi connectivity index (χ4v) is 14.3. The van der Waals surface area contributed by atoms with E-state index in [1.807, 2.05) is 114 Å². The summed E-state index contributed by atoms with van der Waals surface area (Å²) in [6.07, 6.45) is 17.3. The van der Waals surface area contributed by atoms with Gasteiger partial charge in [0.1, 0.15) is 11.6 Å². The van der Waals surface area contributed by atoms with E-state index in [-0.39, 0.29) is 43.9 Å². The van der Waals surface area contributed by atoms with Crippen molar-refractivity contribution >= 4 is 70.2 Å². The molecular formula is C59H75BrN8O6S2. The van der Waals surface area contributed by atoms with Gasteiger partial charge in [-0.1, -0.05) is 75.7 Å². The van der Waals surface area contributed by atoms with Crippen LogP contribution in [0.2, 0.25) is 0 Å². The van der Waals surface area contributed by atoms with Gasteiger partial charge in [-0.05, 0) is 147 Å². The van der Waals surface area contributed by atoms with Crippen molar-refractivity contribution in [2.45, 2.75) is 110 Å². The molecule has 2 aliphatic heterocycles. The van der Waals surface area contributed by atoms with Gasteiger partial charge in [0, 0.05) is 86.5 Å². The second kappa shape index (κ2) is 22.3. The Hall–Kier alpha value is -5.78. The number of nitrogens with one attached hydrogen (secondary N) is 2. The molecule has 6 aromatic rings. The van der Waals surface area contributed by atoms with Crippen LogP contribution in [0.5, 0.6) is 0 Å². The van der Waals surface area contributed by atoms with Crippen LogP contribution in [-0.4, -0.2) is 85.4 Å². The highest BCUT2D eigenvalue weighted by Crippen LogP contribution is 2.55. The molecule has 2 spiro atoms. The zero-order chi connectivity index (χ0) is 54.8. The molecule has 2 N–H and O–H groups in total. The number of hydrogen-bond donors (Lipinski definition) is 2. The topological polar surface area (TPSA) is 169 Å². The molecule has 4 heterocycles. The van der Waals surface area contributed by atoms with E-state index in [1.54, 1.807) is 60.9 Å². The van der Waals surface area contributed by atoms with Crippen LogP contribution in [-0.2, 0) is 33.8 Å². The van der Waals surface area contributed by atoms with Crippen LogP contribution in [0.25, 0.3) is 11.4 Å². The molecule has 76 heavy (non-hydrogen) atoms. The van der Waals surface area contributed by atoms with E-state index >= 15 is 0 Å². The average molecular weight is 1140 g/mol. The van der Waals surface area contributed by atoms with Gasteiger partial charge >= 0.3 is 0 Å². The molecule has 2 saturated heterocycles. The van der Waals surface area contributed by atoms with Crippen LogP contribution in [0.3, 0.4) is 0 Å². The van der Waals surface area contributed by atoms with Crippen LogP contribution in [0.15, 0.2) is 124 Å². The smallest absolute Gasteiger partial charge is 0.257 e. The number of piperidine rings is 2. The molecule has 4 fully saturated rings. The minimum Gasteiger partial charge on any atom is -0.371 e. The first-order valence-electron chi connectivity index (χ1n) is 26.4. The summed E-state index contributed by atoms with van der Waals surface area (Å²) < 4.78 is 56.3. The molecule has 2 aromatic heterocycles. The third-order valence-corrected chi connectivity index (χ3v) is 19.9. The van der Waals surface area contributed by atoms with Gasteiger partial charge in [-0.25, -0.2) is 26.8 Å². The van der Waals surface area contributed by atoms with Gasteiger partial charge in [0.15, 0.2) is 19.7 Å². The van der Waals surface area contributed by atoms with Crippen molar-refractivity contribution in [2.75, 3.05) is 58.1 Å². The van der Waals surface area contributed by atoms with Gasteiger partial charge in [-0.15, -0.1) is 0 Å². The standard InChI is InChI=1S/C29H36N4O3S.C25H31BrN2O3S.C5H8N2/c1-28(2,3)20-37(35,36)23-7-5-6-22(19-23)31-27(34)24-9-8-21(26-30-14-17-32(26)4)18-25(24)33-15-12-29(10-11-29)13-16-33;1-24(2,3)17-32(30,31)20-6-4-5-19(16-20)27-23(29)21-8-7-18(26)15-22(21)28-13-11-25(9-10-25)12-14-28;1-5-6-3-4-7(5)2/h5-9,14,17-19H,10-13,15-16,20H2,1-4H3,(H,31,34);4-8,15-16H,9-14,17H2,1-3H3,(H,27,29);3-4H,1-2H3. The van der Waals surface area contributed by atoms with Crippen LogP contribution in [0.4, 0.5) is 22.7 Å². The largest absolute Gasteiger partial charge is 0.371 e. The van der Waals surface area contributed by atoms with Crippen molar-refractivity contribution in [2.24, 2.45) is 35.8 Å². The molecular weight excluding hydrogens is 1060 g/mol. The van der Waals surface area contributed by atoms with E-state index in [0.717, 1.165) is 72.1 Å². The monoisotopic (exact) mass is 1130 g/mol. The Morgan fingerprint density at radius 3 is 1.39 bits per heavy atom. The van der Waals surface area contributed by atoms with Gasteiger partial charge in [0.2, 0.25) is 0 Å². The van der Waals surface area contributed by atoms with Gasteiger partial charge in [0.05, 0.1) is 43.8 Å². The minimum absolute atomic E-state index is 0.0344. The Bertz CT molecular complexity index is 3270. The molecule has 14 nitrogen and oxygen atoms in total. The number of imidazole rings is 2. The highest BCUT2D eigenvalue weighted by molar-refractivity contribution is 9.10. The van der Waals surface area contributed by atoms with E-state index in [9.17, 15) is 26.4 Å². The predicted octanol–water partition coefficient (Wildman–Crippen LogP) is 12.2. The van der Waals surface area contributed by atoms with Gasteiger partial charge < -0.3 is 29.6 Å². The van der Waals surface area contributed by atoms with Crippen molar-refractivity contribution in [3.8, 4) is 11.4 Å². The summed E-state index contributed by atoms with van der Waals surface area (Å²) in [6.45, 7) is 17.1. The first kappa shape index (κ1) is 56.4. The second-order valence-electron chi connectivity index (χ2n) is 23.9. The molecule has 2 aliphatic carbocycles. The number of carbonyl (C=O) groups is 2. The summed E-state index contributed by atoms with van der Waals surface area (Å²) in [4.78, 5) is 40.3. The highest BCUT2D eigenvalue weighted by Gasteiger charge is 2.46. The number of halogens is 1. The zero-order valence-electron chi connectivity index (χ0n) is 45.6. The molecule has 17 heteroatoms. The number of nitrogens with zero attached hydrogens (tertiary/aromatic N) is 6. The molecule has 4 aliphatic rings. The van der Waals surface area contributed by atoms with Crippen LogP contribution < -0.4 is 20.4 Å². The lowest BCUT2D eigenvalue weighted by Crippen LogP contribution is -2.35. The molecule has 0 radical (unpaired) electrons. The number of carbonyl (C=O) groups excluding carboxylic acids is 2. The molecule has 2 amide bonds. The first-order valence-corrected chi connectivity index (χ1v) is 30.5. The SMILES string of the molecule is CC(C)(C)CS(=O)(=O)c1cccc(NC(=O)c2ccc(Br)cc2N2CCC3(CC2)CC3)c1.Cc1nccn1C.Cn1ccnc1-c1ccc(C(=O)Nc2cccc(S(=O)(=O)CC(C)(C)C)c2)c(N2CCC3(CC2)CC3)c1. The summed E-state index contributed by atoms with van der Waals surface area (Å²) in [5.41, 5.74) is 5.27. The Morgan fingerprint density at radius 2 is 1.01 bits per heavy atom. The lowest BCUT2D eigenvalue weighted by Gasteiger charge is -2.35. The van der Waals surface area contributed by atoms with Gasteiger partial charge in [0.25, 0.3) is 11.8 Å². The Morgan fingerprint density at radius 1 is 0.579 bits per heavy atom. The highest BCUT2D eigenvalue weighted by atomic mass is 79.9. The van der Waals surface area contributed by atoms with E-state index < -0.39 is 19.7 Å². The maximum atomic E-state index is 13.6. The summed E-state index contributed by atoms with van der Waals surface area (Å²) in [6, 6.07) is 24.6. The number of anilines is 4. The van der Waals surface area contributed by atoms with Crippen molar-refractivity contribution in [1.82, 2.24) is 19.1 Å². The van der Waals surface area contributed by atoms with Crippen molar-refractivity contribution in [3.63, 3.8) is 0 Å². The molecule has 4 aromatic carbocycles. The first-order chi connectivity index (χ1) is 35.7. The Balaban J connectivity index is 0.000000180. The third-order valence-electron chi connectivity index (χ3n) is 15.0. The molecule has 10 rings (SSSR count). The Labute approximate surface area is 459 Å². The number of benzene rings is 4. The second-order valence-corrected chi connectivity index (χ2v) is 28.8. The fourth-order valence-electron chi connectivity index (χ4n) is 10.2. The summed E-state index contributed by atoms with van der Waals surface area (Å²) in [7, 11) is -2.98. The van der Waals surface area contributed by atoms with Crippen LogP contribution in [0, 0.1) is 28.6 Å². The predicted molar refractivity (Wildman–Crippen MR) is 309 cm³/mol. The van der Waals surface area contributed by atoms with E-state index in [0.29, 0.717) is 33.3 Å². The number of sulfone groups is 2. The molecule has 0 atom stereocenters. The number of rotatable bonds is 11. The van der Waals surface area contributed by atoms with Crippen molar-refractivity contribution in [1.29, 1.82) is 0 Å². The number of hydrogen-bond acceptors (Lipinski definition) is 10. The molecule has 0 unspecified atom stereocenters. The number of aromatic nitrogens is 4. The summed E-state index contributed by atoms with van der Waals surface area (Å²) in [5.74, 6) is 1.50. The minimum atomic E-state index is -3.47. The number of aryl methyl sites for hydroxylation is 3. The third kappa shape index (κ3) is 14.4. The average Bonchev–Trinajstić information content (AvgIpc) is 4.21. The van der Waals surface area contributed by atoms with E-state index in [1.165, 1.54) is 38.5 Å². The quantitative estimate of drug-likeness (QED) is 0.127. The summed E-state index contributed by atoms with van der Waals surface area (Å²) >= 11 is 3.54. The lowest BCUT2D eigenvalue weighted by molar-refractivity contribution is 0.101. The van der Waals surface area contributed by atoms with E-state index in [4.69, 9.17) is 0 Å². The normalized spacial score (nSPS) is 16.8. The van der Waals surface area contributed by atoms with Crippen molar-refractivity contribution in [3.05, 3.63) is 131 Å². The van der Waals surface area contributed by atoms with Crippen molar-refractivity contribution < 1.29 is 26.4 Å². The fraction of sp³-hybridized carbons (Fsp3) is 0.458. The lowest BCUT2D eigenvalue weighted by atomic mass is 9.92. The van der Waals surface area contributed by atoms with Gasteiger partial charge in [-0.2, -0.15) is 0 Å². The van der Waals surface area contributed by atoms with Gasteiger partial charge in [-0.3, -0.25) is 9.59 Å². The van der Waals surface area contributed by atoms with Crippen LogP contribution >= 0.6 is 15.9 Å².